The fourth-order valence-corrected chi connectivity index (χ4v) is 9.23. The SMILES string of the molecule is c1ccc(-c2nc(-c3ccccc3)nc(-c3cccc4c3C3(c5ccccc5Oc5ccccc53)c3cc(-c5nc(-c6ccccc6)c6ccccc6n5)ccc3-4)n2)cc1. The summed E-state index contributed by atoms with van der Waals surface area (Å²) in [6, 6.07) is 68.9. The van der Waals surface area contributed by atoms with Gasteiger partial charge in [-0.25, -0.2) is 24.9 Å². The van der Waals surface area contributed by atoms with Crippen molar-refractivity contribution in [2.45, 2.75) is 5.41 Å². The highest BCUT2D eigenvalue weighted by Gasteiger charge is 2.52. The molecular formula is C54H33N5O. The molecule has 10 aromatic rings. The zero-order chi connectivity index (χ0) is 39.6. The van der Waals surface area contributed by atoms with Crippen LogP contribution < -0.4 is 4.74 Å². The maximum Gasteiger partial charge on any atom is 0.164 e. The Hall–Kier alpha value is -8.09. The van der Waals surface area contributed by atoms with Crippen molar-refractivity contribution < 1.29 is 4.74 Å². The van der Waals surface area contributed by atoms with E-state index in [4.69, 9.17) is 29.7 Å². The summed E-state index contributed by atoms with van der Waals surface area (Å²) >= 11 is 0. The van der Waals surface area contributed by atoms with Crippen LogP contribution >= 0.6 is 0 Å². The lowest BCUT2D eigenvalue weighted by Crippen LogP contribution is -2.32. The molecule has 280 valence electrons. The van der Waals surface area contributed by atoms with E-state index in [1.165, 1.54) is 0 Å². The highest BCUT2D eigenvalue weighted by atomic mass is 16.5. The third-order valence-electron chi connectivity index (χ3n) is 11.8. The van der Waals surface area contributed by atoms with Crippen LogP contribution in [-0.2, 0) is 5.41 Å². The molecule has 8 aromatic carbocycles. The monoisotopic (exact) mass is 767 g/mol. The number of nitrogens with zero attached hydrogens (tertiary/aromatic N) is 5. The van der Waals surface area contributed by atoms with Crippen LogP contribution in [0.4, 0.5) is 0 Å². The van der Waals surface area contributed by atoms with Gasteiger partial charge >= 0.3 is 0 Å². The van der Waals surface area contributed by atoms with Crippen molar-refractivity contribution in [2.24, 2.45) is 0 Å². The van der Waals surface area contributed by atoms with Crippen molar-refractivity contribution in [1.82, 2.24) is 24.9 Å². The quantitative estimate of drug-likeness (QED) is 0.174. The van der Waals surface area contributed by atoms with Gasteiger partial charge in [-0.15, -0.1) is 0 Å². The maximum atomic E-state index is 6.76. The predicted octanol–water partition coefficient (Wildman–Crippen LogP) is 12.6. The summed E-state index contributed by atoms with van der Waals surface area (Å²) in [4.78, 5) is 26.2. The first-order valence-corrected chi connectivity index (χ1v) is 20.1. The third-order valence-corrected chi connectivity index (χ3v) is 11.8. The van der Waals surface area contributed by atoms with Gasteiger partial charge in [0.2, 0.25) is 0 Å². The van der Waals surface area contributed by atoms with Gasteiger partial charge in [0.15, 0.2) is 23.3 Å². The Bertz CT molecular complexity index is 3190. The Morgan fingerprint density at radius 3 is 1.53 bits per heavy atom. The smallest absolute Gasteiger partial charge is 0.164 e. The molecule has 0 unspecified atom stereocenters. The molecule has 0 N–H and O–H groups in total. The maximum absolute atomic E-state index is 6.76. The van der Waals surface area contributed by atoms with E-state index in [2.05, 4.69) is 109 Å². The van der Waals surface area contributed by atoms with E-state index in [0.717, 1.165) is 89.3 Å². The highest BCUT2D eigenvalue weighted by molar-refractivity contribution is 5.96. The second-order valence-corrected chi connectivity index (χ2v) is 15.2. The Morgan fingerprint density at radius 2 is 0.867 bits per heavy atom. The van der Waals surface area contributed by atoms with Crippen molar-refractivity contribution in [3.05, 3.63) is 222 Å². The van der Waals surface area contributed by atoms with Crippen molar-refractivity contribution in [2.75, 3.05) is 0 Å². The number of hydrogen-bond acceptors (Lipinski definition) is 6. The summed E-state index contributed by atoms with van der Waals surface area (Å²) in [6.07, 6.45) is 0. The predicted molar refractivity (Wildman–Crippen MR) is 237 cm³/mol. The number of para-hydroxylation sites is 3. The molecule has 3 heterocycles. The van der Waals surface area contributed by atoms with Crippen molar-refractivity contribution in [3.8, 4) is 79.4 Å². The van der Waals surface area contributed by atoms with Crippen LogP contribution in [0.5, 0.6) is 11.5 Å². The Balaban J connectivity index is 1.16. The van der Waals surface area contributed by atoms with Crippen LogP contribution in [0.1, 0.15) is 22.3 Å². The highest BCUT2D eigenvalue weighted by Crippen LogP contribution is 2.64. The molecule has 1 aliphatic carbocycles. The van der Waals surface area contributed by atoms with Crippen molar-refractivity contribution >= 4 is 10.9 Å². The molecule has 1 spiro atoms. The molecular weight excluding hydrogens is 735 g/mol. The zero-order valence-electron chi connectivity index (χ0n) is 32.2. The first kappa shape index (κ1) is 34.0. The van der Waals surface area contributed by atoms with Gasteiger partial charge < -0.3 is 4.74 Å². The number of hydrogen-bond donors (Lipinski definition) is 0. The largest absolute Gasteiger partial charge is 0.457 e. The van der Waals surface area contributed by atoms with E-state index < -0.39 is 5.41 Å². The topological polar surface area (TPSA) is 73.7 Å². The molecule has 0 radical (unpaired) electrons. The standard InChI is InChI=1S/C54H33N5O/c1-4-17-34(18-5-1)49-40-23-10-13-28-45(40)55-52(56-49)37-31-32-38-39-24-16-25-41(53-58-50(35-19-6-2-7-20-35)57-51(59-53)36-21-8-3-9-22-36)48(39)54(44(38)33-37)42-26-11-14-29-46(42)60-47-30-15-12-27-43(47)54/h1-33H. The summed E-state index contributed by atoms with van der Waals surface area (Å²) < 4.78 is 6.76. The van der Waals surface area contributed by atoms with Gasteiger partial charge in [-0.1, -0.05) is 176 Å². The lowest BCUT2D eigenvalue weighted by molar-refractivity contribution is 0.436. The molecule has 0 fully saturated rings. The van der Waals surface area contributed by atoms with Crippen LogP contribution in [0.2, 0.25) is 0 Å². The first-order chi connectivity index (χ1) is 29.7. The number of benzene rings is 8. The second-order valence-electron chi connectivity index (χ2n) is 15.2. The van der Waals surface area contributed by atoms with Crippen molar-refractivity contribution in [1.29, 1.82) is 0 Å². The normalized spacial score (nSPS) is 12.9. The van der Waals surface area contributed by atoms with Crippen LogP contribution in [0.25, 0.3) is 78.8 Å². The summed E-state index contributed by atoms with van der Waals surface area (Å²) in [6.45, 7) is 0. The van der Waals surface area contributed by atoms with Crippen molar-refractivity contribution in [3.63, 3.8) is 0 Å². The van der Waals surface area contributed by atoms with Gasteiger partial charge in [0.25, 0.3) is 0 Å². The summed E-state index contributed by atoms with van der Waals surface area (Å²) in [5.74, 6) is 4.08. The Labute approximate surface area is 346 Å². The molecule has 1 aliphatic heterocycles. The minimum absolute atomic E-state index is 0.596. The molecule has 0 saturated carbocycles. The van der Waals surface area contributed by atoms with Gasteiger partial charge in [-0.05, 0) is 46.5 Å². The van der Waals surface area contributed by atoms with Crippen LogP contribution in [0.3, 0.4) is 0 Å². The number of ether oxygens (including phenoxy) is 1. The lowest BCUT2D eigenvalue weighted by atomic mass is 9.65. The number of aromatic nitrogens is 5. The molecule has 60 heavy (non-hydrogen) atoms. The summed E-state index contributed by atoms with van der Waals surface area (Å²) in [5.41, 5.74) is 12.2. The fourth-order valence-electron chi connectivity index (χ4n) is 9.23. The summed E-state index contributed by atoms with van der Waals surface area (Å²) in [5, 5.41) is 1.01. The molecule has 0 atom stereocenters. The van der Waals surface area contributed by atoms with E-state index in [9.17, 15) is 0 Å². The minimum Gasteiger partial charge on any atom is -0.457 e. The molecule has 6 nitrogen and oxygen atoms in total. The fraction of sp³-hybridized carbons (Fsp3) is 0.0185. The Morgan fingerprint density at radius 1 is 0.333 bits per heavy atom. The van der Waals surface area contributed by atoms with Gasteiger partial charge in [-0.2, -0.15) is 0 Å². The van der Waals surface area contributed by atoms with E-state index >= 15 is 0 Å². The number of rotatable bonds is 5. The van der Waals surface area contributed by atoms with Crippen LogP contribution in [-0.4, -0.2) is 24.9 Å². The van der Waals surface area contributed by atoms with Gasteiger partial charge in [0, 0.05) is 44.3 Å². The second kappa shape index (κ2) is 13.5. The molecule has 12 rings (SSSR count). The first-order valence-electron chi connectivity index (χ1n) is 20.1. The van der Waals surface area contributed by atoms with Gasteiger partial charge in [0.1, 0.15) is 11.5 Å². The van der Waals surface area contributed by atoms with Gasteiger partial charge in [-0.3, -0.25) is 0 Å². The third kappa shape index (κ3) is 5.17. The molecule has 6 heteroatoms. The summed E-state index contributed by atoms with van der Waals surface area (Å²) in [7, 11) is 0. The molecule has 2 aliphatic rings. The average molecular weight is 768 g/mol. The molecule has 0 bridgehead atoms. The lowest BCUT2D eigenvalue weighted by Gasteiger charge is -2.40. The van der Waals surface area contributed by atoms with E-state index in [-0.39, 0.29) is 0 Å². The Kier molecular flexibility index (Phi) is 7.65. The zero-order valence-corrected chi connectivity index (χ0v) is 32.2. The average Bonchev–Trinajstić information content (AvgIpc) is 3.62. The van der Waals surface area contributed by atoms with Crippen LogP contribution in [0.15, 0.2) is 200 Å². The van der Waals surface area contributed by atoms with Gasteiger partial charge in [0.05, 0.1) is 16.6 Å². The van der Waals surface area contributed by atoms with E-state index in [0.29, 0.717) is 23.3 Å². The number of fused-ring (bicyclic) bond motifs is 10. The molecule has 2 aromatic heterocycles. The van der Waals surface area contributed by atoms with Crippen LogP contribution in [0, 0.1) is 0 Å². The molecule has 0 saturated heterocycles. The molecule has 0 amide bonds. The van der Waals surface area contributed by atoms with E-state index in [1.807, 2.05) is 91.0 Å². The minimum atomic E-state index is -0.825. The van der Waals surface area contributed by atoms with E-state index in [1.54, 1.807) is 0 Å².